The van der Waals surface area contributed by atoms with E-state index in [2.05, 4.69) is 34.9 Å². The number of urea groups is 1. The maximum atomic E-state index is 12.6. The summed E-state index contributed by atoms with van der Waals surface area (Å²) in [6, 6.07) is 23.6. The summed E-state index contributed by atoms with van der Waals surface area (Å²) < 4.78 is 0. The molecular formula is C22H18N2OS. The molecule has 0 radical (unpaired) electrons. The molecule has 2 amide bonds. The fraction of sp³-hybridized carbons (Fsp3) is 0.0909. The lowest BCUT2D eigenvalue weighted by Crippen LogP contribution is -2.40. The highest BCUT2D eigenvalue weighted by atomic mass is 32.1. The lowest BCUT2D eigenvalue weighted by atomic mass is 10.1. The van der Waals surface area contributed by atoms with Gasteiger partial charge in [0.15, 0.2) is 0 Å². The summed E-state index contributed by atoms with van der Waals surface area (Å²) >= 11 is 5.41. The van der Waals surface area contributed by atoms with E-state index in [-0.39, 0.29) is 12.1 Å². The minimum Gasteiger partial charge on any atom is -0.327 e. The molecule has 0 unspecified atom stereocenters. The van der Waals surface area contributed by atoms with E-state index in [1.807, 2.05) is 55.5 Å². The Morgan fingerprint density at radius 3 is 2.00 bits per heavy atom. The summed E-state index contributed by atoms with van der Waals surface area (Å²) in [4.78, 5) is 13.0. The monoisotopic (exact) mass is 358 g/mol. The molecule has 0 bridgehead atoms. The van der Waals surface area contributed by atoms with Gasteiger partial charge in [0.25, 0.3) is 0 Å². The van der Waals surface area contributed by atoms with Crippen LogP contribution in [0.25, 0.3) is 11.1 Å². The number of rotatable bonds is 2. The lowest BCUT2D eigenvalue weighted by Gasteiger charge is -2.17. The van der Waals surface area contributed by atoms with Gasteiger partial charge >= 0.3 is 6.03 Å². The standard InChI is InChI=1S/C22H18N2OS/c1-14-8-2-3-9-15(14)21(26)24-22(25)23-20-18-12-6-4-10-16(18)17-11-5-7-13-19(17)20/h2-13,20H,1H3,(H2,23,24,25,26). The topological polar surface area (TPSA) is 41.1 Å². The van der Waals surface area contributed by atoms with Crippen LogP contribution in [0.1, 0.15) is 28.3 Å². The average molecular weight is 358 g/mol. The van der Waals surface area contributed by atoms with Crippen LogP contribution in [0.4, 0.5) is 4.79 Å². The third kappa shape index (κ3) is 2.89. The van der Waals surface area contributed by atoms with Crippen LogP contribution >= 0.6 is 12.2 Å². The third-order valence-corrected chi connectivity index (χ3v) is 5.05. The van der Waals surface area contributed by atoms with Crippen molar-refractivity contribution in [3.63, 3.8) is 0 Å². The molecule has 0 saturated heterocycles. The van der Waals surface area contributed by atoms with E-state index in [0.717, 1.165) is 33.4 Å². The highest BCUT2D eigenvalue weighted by molar-refractivity contribution is 7.80. The van der Waals surface area contributed by atoms with Crippen molar-refractivity contribution in [3.05, 3.63) is 95.1 Å². The van der Waals surface area contributed by atoms with Crippen molar-refractivity contribution >= 4 is 23.2 Å². The molecule has 26 heavy (non-hydrogen) atoms. The zero-order valence-corrected chi connectivity index (χ0v) is 15.1. The highest BCUT2D eigenvalue weighted by Gasteiger charge is 2.29. The fourth-order valence-corrected chi connectivity index (χ4v) is 3.80. The Morgan fingerprint density at radius 1 is 0.846 bits per heavy atom. The van der Waals surface area contributed by atoms with Crippen molar-refractivity contribution in [2.24, 2.45) is 0 Å². The van der Waals surface area contributed by atoms with Gasteiger partial charge in [-0.15, -0.1) is 0 Å². The molecule has 2 N–H and O–H groups in total. The number of hydrogen-bond acceptors (Lipinski definition) is 2. The van der Waals surface area contributed by atoms with Crippen LogP contribution in [0.15, 0.2) is 72.8 Å². The quantitative estimate of drug-likeness (QED) is 0.650. The van der Waals surface area contributed by atoms with E-state index in [9.17, 15) is 4.79 Å². The number of thiocarbonyl (C=S) groups is 1. The van der Waals surface area contributed by atoms with Crippen LogP contribution in [-0.4, -0.2) is 11.0 Å². The first-order chi connectivity index (χ1) is 12.6. The number of carbonyl (C=O) groups excluding carboxylic acids is 1. The molecule has 0 aromatic heterocycles. The van der Waals surface area contributed by atoms with Gasteiger partial charge in [-0.3, -0.25) is 5.32 Å². The number of nitrogens with one attached hydrogen (secondary N) is 2. The second-order valence-corrected chi connectivity index (χ2v) is 6.76. The Hall–Kier alpha value is -2.98. The molecule has 0 spiro atoms. The van der Waals surface area contributed by atoms with Gasteiger partial charge in [0.1, 0.15) is 4.99 Å². The molecule has 1 aliphatic carbocycles. The smallest absolute Gasteiger partial charge is 0.320 e. The van der Waals surface area contributed by atoms with Crippen LogP contribution < -0.4 is 10.6 Å². The minimum absolute atomic E-state index is 0.179. The number of hydrogen-bond donors (Lipinski definition) is 2. The van der Waals surface area contributed by atoms with Crippen LogP contribution in [0.5, 0.6) is 0 Å². The Bertz CT molecular complexity index is 967. The van der Waals surface area contributed by atoms with Crippen molar-refractivity contribution in [2.45, 2.75) is 13.0 Å². The molecule has 0 heterocycles. The molecule has 4 heteroatoms. The summed E-state index contributed by atoms with van der Waals surface area (Å²) in [5, 5.41) is 5.88. The van der Waals surface area contributed by atoms with Crippen LogP contribution in [0, 0.1) is 6.92 Å². The number of benzene rings is 3. The molecule has 0 atom stereocenters. The minimum atomic E-state index is -0.297. The van der Waals surface area contributed by atoms with Gasteiger partial charge in [0.05, 0.1) is 6.04 Å². The van der Waals surface area contributed by atoms with Gasteiger partial charge in [-0.1, -0.05) is 85.0 Å². The van der Waals surface area contributed by atoms with Crippen molar-refractivity contribution in [3.8, 4) is 11.1 Å². The molecule has 3 aromatic carbocycles. The predicted molar refractivity (Wildman–Crippen MR) is 108 cm³/mol. The second-order valence-electron chi connectivity index (χ2n) is 6.35. The molecule has 0 fully saturated rings. The zero-order valence-electron chi connectivity index (χ0n) is 14.3. The van der Waals surface area contributed by atoms with E-state index in [0.29, 0.717) is 4.99 Å². The lowest BCUT2D eigenvalue weighted by molar-refractivity contribution is 0.243. The number of amides is 2. The van der Waals surface area contributed by atoms with Crippen LogP contribution in [0.2, 0.25) is 0 Å². The molecule has 1 aliphatic rings. The van der Waals surface area contributed by atoms with Gasteiger partial charge in [-0.05, 0) is 34.7 Å². The maximum Gasteiger partial charge on any atom is 0.320 e. The molecule has 0 saturated carbocycles. The summed E-state index contributed by atoms with van der Waals surface area (Å²) in [6.07, 6.45) is 0. The summed E-state index contributed by atoms with van der Waals surface area (Å²) in [5.74, 6) is 0. The van der Waals surface area contributed by atoms with E-state index in [1.165, 1.54) is 0 Å². The third-order valence-electron chi connectivity index (χ3n) is 4.73. The van der Waals surface area contributed by atoms with Gasteiger partial charge in [-0.2, -0.15) is 0 Å². The molecular weight excluding hydrogens is 340 g/mol. The summed E-state index contributed by atoms with van der Waals surface area (Å²) in [7, 11) is 0. The van der Waals surface area contributed by atoms with Crippen molar-refractivity contribution in [1.82, 2.24) is 10.6 Å². The van der Waals surface area contributed by atoms with E-state index in [1.54, 1.807) is 0 Å². The Labute approximate surface area is 158 Å². The van der Waals surface area contributed by atoms with Gasteiger partial charge in [0, 0.05) is 5.56 Å². The van der Waals surface area contributed by atoms with E-state index in [4.69, 9.17) is 12.2 Å². The highest BCUT2D eigenvalue weighted by Crippen LogP contribution is 2.42. The van der Waals surface area contributed by atoms with Crippen LogP contribution in [-0.2, 0) is 0 Å². The second kappa shape index (κ2) is 6.73. The number of carbonyl (C=O) groups is 1. The van der Waals surface area contributed by atoms with Crippen molar-refractivity contribution in [2.75, 3.05) is 0 Å². The average Bonchev–Trinajstić information content (AvgIpc) is 2.96. The largest absolute Gasteiger partial charge is 0.327 e. The molecule has 128 valence electrons. The Kier molecular flexibility index (Phi) is 4.27. The van der Waals surface area contributed by atoms with Crippen LogP contribution in [0.3, 0.4) is 0 Å². The predicted octanol–water partition coefficient (Wildman–Crippen LogP) is 4.74. The first-order valence-electron chi connectivity index (χ1n) is 8.51. The Balaban J connectivity index is 1.57. The van der Waals surface area contributed by atoms with Gasteiger partial charge < -0.3 is 5.32 Å². The SMILES string of the molecule is Cc1ccccc1C(=S)NC(=O)NC1c2ccccc2-c2ccccc21. The molecule has 0 aliphatic heterocycles. The summed E-state index contributed by atoms with van der Waals surface area (Å²) in [6.45, 7) is 1.98. The summed E-state index contributed by atoms with van der Waals surface area (Å²) in [5.41, 5.74) is 6.43. The van der Waals surface area contributed by atoms with Crippen molar-refractivity contribution < 1.29 is 4.79 Å². The van der Waals surface area contributed by atoms with E-state index < -0.39 is 0 Å². The molecule has 3 nitrogen and oxygen atoms in total. The maximum absolute atomic E-state index is 12.6. The fourth-order valence-electron chi connectivity index (χ4n) is 3.48. The zero-order chi connectivity index (χ0) is 18.1. The number of fused-ring (bicyclic) bond motifs is 3. The molecule has 4 rings (SSSR count). The van der Waals surface area contributed by atoms with Gasteiger partial charge in [-0.25, -0.2) is 4.79 Å². The normalized spacial score (nSPS) is 12.2. The Morgan fingerprint density at radius 2 is 1.38 bits per heavy atom. The van der Waals surface area contributed by atoms with E-state index >= 15 is 0 Å². The first kappa shape index (κ1) is 16.5. The molecule has 3 aromatic rings. The first-order valence-corrected chi connectivity index (χ1v) is 8.91. The van der Waals surface area contributed by atoms with Gasteiger partial charge in [0.2, 0.25) is 0 Å². The van der Waals surface area contributed by atoms with Crippen molar-refractivity contribution in [1.29, 1.82) is 0 Å². The number of aryl methyl sites for hydroxylation is 1.